The predicted octanol–water partition coefficient (Wildman–Crippen LogP) is 4.29. The van der Waals surface area contributed by atoms with Crippen LogP contribution in [0.3, 0.4) is 0 Å². The summed E-state index contributed by atoms with van der Waals surface area (Å²) >= 11 is 6.00. The third kappa shape index (κ3) is 3.65. The molecule has 0 radical (unpaired) electrons. The van der Waals surface area contributed by atoms with Crippen LogP contribution >= 0.6 is 11.6 Å². The Bertz CT molecular complexity index is 1130. The highest BCUT2D eigenvalue weighted by Crippen LogP contribution is 2.33. The second-order valence-corrected chi connectivity index (χ2v) is 9.40. The van der Waals surface area contributed by atoms with E-state index in [1.807, 2.05) is 20.8 Å². The first kappa shape index (κ1) is 19.3. The van der Waals surface area contributed by atoms with Gasteiger partial charge in [-0.3, -0.25) is 0 Å². The van der Waals surface area contributed by atoms with Gasteiger partial charge in [0.25, 0.3) is 10.0 Å². The number of ether oxygens (including phenoxy) is 1. The van der Waals surface area contributed by atoms with E-state index in [1.165, 1.54) is 12.3 Å². The molecule has 0 fully saturated rings. The number of nitrogens with zero attached hydrogens (tertiary/aromatic N) is 1. The summed E-state index contributed by atoms with van der Waals surface area (Å²) in [4.78, 5) is 11.3. The molecule has 0 aliphatic carbocycles. The minimum absolute atomic E-state index is 0.0230. The van der Waals surface area contributed by atoms with Crippen molar-refractivity contribution in [2.24, 2.45) is 5.73 Å². The molecule has 0 bridgehead atoms. The van der Waals surface area contributed by atoms with Crippen molar-refractivity contribution in [3.05, 3.63) is 59.2 Å². The normalized spacial score (nSPS) is 12.3. The van der Waals surface area contributed by atoms with Crippen LogP contribution in [0.2, 0.25) is 5.02 Å². The lowest BCUT2D eigenvalue weighted by Crippen LogP contribution is -2.16. The van der Waals surface area contributed by atoms with E-state index in [2.05, 4.69) is 0 Å². The largest absolute Gasteiger partial charge is 0.410 e. The monoisotopic (exact) mass is 406 g/mol. The van der Waals surface area contributed by atoms with Gasteiger partial charge in [0, 0.05) is 10.4 Å². The van der Waals surface area contributed by atoms with Gasteiger partial charge in [-0.05, 0) is 41.3 Å². The molecule has 0 unspecified atom stereocenters. The minimum atomic E-state index is -3.91. The van der Waals surface area contributed by atoms with E-state index in [0.29, 0.717) is 15.9 Å². The Hall–Kier alpha value is -2.51. The van der Waals surface area contributed by atoms with Crippen molar-refractivity contribution < 1.29 is 17.9 Å². The van der Waals surface area contributed by atoms with Crippen LogP contribution in [0.4, 0.5) is 4.79 Å². The van der Waals surface area contributed by atoms with Gasteiger partial charge in [0.1, 0.15) is 0 Å². The number of hydrogen-bond acceptors (Lipinski definition) is 4. The fourth-order valence-electron chi connectivity index (χ4n) is 2.77. The van der Waals surface area contributed by atoms with Gasteiger partial charge in [0.05, 0.1) is 16.6 Å². The summed E-state index contributed by atoms with van der Waals surface area (Å²) in [6, 6.07) is 11.3. The average Bonchev–Trinajstić information content (AvgIpc) is 2.92. The van der Waals surface area contributed by atoms with E-state index in [1.54, 1.807) is 36.4 Å². The van der Waals surface area contributed by atoms with Crippen molar-refractivity contribution >= 4 is 38.6 Å². The van der Waals surface area contributed by atoms with Crippen LogP contribution in [0.1, 0.15) is 26.3 Å². The summed E-state index contributed by atoms with van der Waals surface area (Å²) in [6.45, 7) is 6.15. The van der Waals surface area contributed by atoms with Crippen LogP contribution in [0.25, 0.3) is 10.9 Å². The van der Waals surface area contributed by atoms with Crippen LogP contribution < -0.4 is 10.5 Å². The first-order chi connectivity index (χ1) is 12.5. The molecule has 0 atom stereocenters. The van der Waals surface area contributed by atoms with Crippen molar-refractivity contribution in [1.29, 1.82) is 0 Å². The number of halogens is 1. The van der Waals surface area contributed by atoms with Crippen LogP contribution in [0, 0.1) is 0 Å². The molecule has 1 amide bonds. The first-order valence-corrected chi connectivity index (χ1v) is 9.96. The van der Waals surface area contributed by atoms with Crippen molar-refractivity contribution in [3.63, 3.8) is 0 Å². The number of carbonyl (C=O) groups is 1. The molecular formula is C19H19ClN2O4S. The van der Waals surface area contributed by atoms with E-state index < -0.39 is 16.1 Å². The van der Waals surface area contributed by atoms with Crippen LogP contribution in [0.15, 0.2) is 53.6 Å². The van der Waals surface area contributed by atoms with Gasteiger partial charge in [-0.2, -0.15) is 0 Å². The standard InChI is InChI=1S/C19H19ClN2O4S/c1-19(2,3)12-4-7-14(8-5-12)27(24,25)22-11-17(26-18(21)23)15-10-13(20)6-9-16(15)22/h4-11H,1-3H3,(H2,21,23). The Morgan fingerprint density at radius 1 is 1.11 bits per heavy atom. The molecule has 0 aliphatic rings. The molecule has 0 spiro atoms. The van der Waals surface area contributed by atoms with E-state index in [9.17, 15) is 13.2 Å². The number of nitrogens with two attached hydrogens (primary N) is 1. The molecule has 2 N–H and O–H groups in total. The van der Waals surface area contributed by atoms with E-state index >= 15 is 0 Å². The van der Waals surface area contributed by atoms with Crippen LogP contribution in [-0.2, 0) is 15.4 Å². The maximum atomic E-state index is 13.2. The van der Waals surface area contributed by atoms with E-state index in [0.717, 1.165) is 9.54 Å². The van der Waals surface area contributed by atoms with Crippen LogP contribution in [-0.4, -0.2) is 18.5 Å². The SMILES string of the molecule is CC(C)(C)c1ccc(S(=O)(=O)n2cc(OC(N)=O)c3cc(Cl)ccc32)cc1. The van der Waals surface area contributed by atoms with Gasteiger partial charge in [-0.15, -0.1) is 0 Å². The van der Waals surface area contributed by atoms with Crippen molar-refractivity contribution in [2.75, 3.05) is 0 Å². The number of amides is 1. The molecule has 0 saturated carbocycles. The number of benzene rings is 2. The molecule has 1 heterocycles. The van der Waals surface area contributed by atoms with Crippen molar-refractivity contribution in [1.82, 2.24) is 3.97 Å². The van der Waals surface area contributed by atoms with E-state index in [4.69, 9.17) is 22.1 Å². The lowest BCUT2D eigenvalue weighted by Gasteiger charge is -2.19. The number of primary amides is 1. The maximum Gasteiger partial charge on any atom is 0.410 e. The summed E-state index contributed by atoms with van der Waals surface area (Å²) in [5.74, 6) is 0.0230. The summed E-state index contributed by atoms with van der Waals surface area (Å²) in [6.07, 6.45) is 0.180. The molecule has 6 nitrogen and oxygen atoms in total. The van der Waals surface area contributed by atoms with Gasteiger partial charge in [-0.25, -0.2) is 17.2 Å². The van der Waals surface area contributed by atoms with Gasteiger partial charge < -0.3 is 10.5 Å². The molecule has 3 rings (SSSR count). The lowest BCUT2D eigenvalue weighted by atomic mass is 9.87. The fourth-order valence-corrected chi connectivity index (χ4v) is 4.30. The topological polar surface area (TPSA) is 91.4 Å². The minimum Gasteiger partial charge on any atom is -0.408 e. The van der Waals surface area contributed by atoms with Crippen molar-refractivity contribution in [2.45, 2.75) is 31.1 Å². The molecule has 2 aromatic carbocycles. The number of fused-ring (bicyclic) bond motifs is 1. The Labute approximate surface area is 162 Å². The second kappa shape index (κ2) is 6.58. The summed E-state index contributed by atoms with van der Waals surface area (Å²) < 4.78 is 32.3. The zero-order valence-corrected chi connectivity index (χ0v) is 16.6. The highest BCUT2D eigenvalue weighted by molar-refractivity contribution is 7.90. The first-order valence-electron chi connectivity index (χ1n) is 8.14. The fraction of sp³-hybridized carbons (Fsp3) is 0.211. The van der Waals surface area contributed by atoms with Gasteiger partial charge in [0.15, 0.2) is 5.75 Å². The smallest absolute Gasteiger partial charge is 0.408 e. The highest BCUT2D eigenvalue weighted by atomic mass is 35.5. The number of rotatable bonds is 3. The molecule has 1 aromatic heterocycles. The molecule has 3 aromatic rings. The Morgan fingerprint density at radius 3 is 2.30 bits per heavy atom. The van der Waals surface area contributed by atoms with Crippen LogP contribution in [0.5, 0.6) is 5.75 Å². The van der Waals surface area contributed by atoms with Gasteiger partial charge in [-0.1, -0.05) is 44.5 Å². The van der Waals surface area contributed by atoms with E-state index in [-0.39, 0.29) is 16.1 Å². The number of carbonyl (C=O) groups excluding carboxylic acids is 1. The summed E-state index contributed by atoms with van der Waals surface area (Å²) in [5, 5.41) is 0.748. The average molecular weight is 407 g/mol. The maximum absolute atomic E-state index is 13.2. The molecule has 0 aliphatic heterocycles. The van der Waals surface area contributed by atoms with Gasteiger partial charge in [0.2, 0.25) is 0 Å². The zero-order chi connectivity index (χ0) is 20.0. The number of aromatic nitrogens is 1. The third-order valence-electron chi connectivity index (χ3n) is 4.18. The lowest BCUT2D eigenvalue weighted by molar-refractivity contribution is 0.211. The molecule has 8 heteroatoms. The molecule has 142 valence electrons. The quantitative estimate of drug-likeness (QED) is 0.702. The number of hydrogen-bond donors (Lipinski definition) is 1. The molecule has 27 heavy (non-hydrogen) atoms. The Balaban J connectivity index is 2.17. The summed E-state index contributed by atoms with van der Waals surface area (Å²) in [7, 11) is -3.91. The summed E-state index contributed by atoms with van der Waals surface area (Å²) in [5.41, 5.74) is 6.34. The zero-order valence-electron chi connectivity index (χ0n) is 15.1. The van der Waals surface area contributed by atoms with Gasteiger partial charge >= 0.3 is 6.09 Å². The third-order valence-corrected chi connectivity index (χ3v) is 6.11. The Kier molecular flexibility index (Phi) is 4.69. The van der Waals surface area contributed by atoms with Crippen molar-refractivity contribution in [3.8, 4) is 5.75 Å². The predicted molar refractivity (Wildman–Crippen MR) is 105 cm³/mol. The Morgan fingerprint density at radius 2 is 1.74 bits per heavy atom. The highest BCUT2D eigenvalue weighted by Gasteiger charge is 2.24. The molecular weight excluding hydrogens is 388 g/mol. The molecule has 0 saturated heterocycles. The second-order valence-electron chi connectivity index (χ2n) is 7.15.